The number of aromatic nitrogens is 2. The monoisotopic (exact) mass is 1020 g/mol. The van der Waals surface area contributed by atoms with Crippen LogP contribution in [0.2, 0.25) is 0 Å². The number of carbonyl (C=O) groups is 9. The molecule has 0 saturated carbocycles. The molecule has 3 heterocycles. The first-order valence-electron chi connectivity index (χ1n) is 21.4. The maximum Gasteiger partial charge on any atom is 0.290 e. The Labute approximate surface area is 398 Å². The van der Waals surface area contributed by atoms with Crippen molar-refractivity contribution in [1.82, 2.24) is 52.5 Å². The number of nitrogens with zero attached hydrogens (tertiary/aromatic N) is 1. The van der Waals surface area contributed by atoms with E-state index < -0.39 is 114 Å². The number of ketones is 1. The molecule has 0 radical (unpaired) electrons. The Bertz CT molecular complexity index is 2340. The number of nitrogens with one attached hydrogen (secondary N) is 9. The van der Waals surface area contributed by atoms with Gasteiger partial charge in [0.1, 0.15) is 47.1 Å². The number of hydrogen-bond donors (Lipinski definition) is 11. The first kappa shape index (κ1) is 53.4. The highest BCUT2D eigenvalue weighted by molar-refractivity contribution is 9.10. The molecule has 67 heavy (non-hydrogen) atoms. The van der Waals surface area contributed by atoms with Crippen LogP contribution in [0.3, 0.4) is 0 Å². The number of thiazole rings is 1. The summed E-state index contributed by atoms with van der Waals surface area (Å²) in [6, 6.07) is -3.51. The number of fused-ring (bicyclic) bond motifs is 3. The van der Waals surface area contributed by atoms with Crippen LogP contribution < -0.4 is 42.5 Å². The van der Waals surface area contributed by atoms with Crippen LogP contribution in [0.5, 0.6) is 5.75 Å². The molecule has 0 spiro atoms. The molecule has 0 unspecified atom stereocenters. The van der Waals surface area contributed by atoms with Gasteiger partial charge in [-0.3, -0.25) is 43.2 Å². The third-order valence-corrected chi connectivity index (χ3v) is 12.8. The molecule has 364 valence electrons. The van der Waals surface area contributed by atoms with Gasteiger partial charge in [0.2, 0.25) is 41.7 Å². The summed E-state index contributed by atoms with van der Waals surface area (Å²) < 4.78 is 5.74. The second kappa shape index (κ2) is 25.0. The minimum absolute atomic E-state index is 0.0670. The van der Waals surface area contributed by atoms with E-state index >= 15 is 0 Å². The number of phenolic OH excluding ortho intramolecular Hbond substituents is 1. The predicted molar refractivity (Wildman–Crippen MR) is 248 cm³/mol. The lowest BCUT2D eigenvalue weighted by atomic mass is 9.94. The molecule has 24 heteroatoms. The fourth-order valence-electron chi connectivity index (χ4n) is 6.81. The fourth-order valence-corrected chi connectivity index (χ4v) is 8.22. The second-order valence-corrected chi connectivity index (χ2v) is 17.7. The number of hydrogen-bond acceptors (Lipinski definition) is 14. The van der Waals surface area contributed by atoms with E-state index in [-0.39, 0.29) is 30.9 Å². The van der Waals surface area contributed by atoms with Crippen LogP contribution >= 0.6 is 27.3 Å². The molecule has 0 saturated heterocycles. The molecule has 2 aromatic heterocycles. The van der Waals surface area contributed by atoms with Gasteiger partial charge >= 0.3 is 0 Å². The number of amides is 8. The van der Waals surface area contributed by atoms with Gasteiger partial charge in [-0.05, 0) is 64.5 Å². The Hall–Kier alpha value is -6.24. The zero-order valence-corrected chi connectivity index (χ0v) is 40.1. The van der Waals surface area contributed by atoms with Crippen LogP contribution in [0.4, 0.5) is 0 Å². The van der Waals surface area contributed by atoms with Crippen molar-refractivity contribution in [2.24, 2.45) is 11.8 Å². The lowest BCUT2D eigenvalue weighted by Crippen LogP contribution is -2.62. The number of aromatic amines is 1. The second-order valence-electron chi connectivity index (χ2n) is 16.0. The summed E-state index contributed by atoms with van der Waals surface area (Å²) in [5, 5.41) is 43.1. The predicted octanol–water partition coefficient (Wildman–Crippen LogP) is -0.506. The largest absolute Gasteiger partial charge is 0.508 e. The zero-order valence-electron chi connectivity index (χ0n) is 37.7. The van der Waals surface area contributed by atoms with Gasteiger partial charge in [-0.2, -0.15) is 0 Å². The van der Waals surface area contributed by atoms with E-state index in [1.165, 1.54) is 32.2 Å². The number of benzene rings is 1. The van der Waals surface area contributed by atoms with E-state index in [9.17, 15) is 53.4 Å². The Morgan fingerprint density at radius 3 is 2.39 bits per heavy atom. The number of phenols is 1. The Morgan fingerprint density at radius 2 is 1.72 bits per heavy atom. The van der Waals surface area contributed by atoms with Gasteiger partial charge in [0.05, 0.1) is 29.5 Å². The lowest BCUT2D eigenvalue weighted by molar-refractivity contribution is -0.142. The molecule has 9 atom stereocenters. The van der Waals surface area contributed by atoms with Crippen LogP contribution in [0, 0.1) is 11.8 Å². The van der Waals surface area contributed by atoms with E-state index in [1.807, 2.05) is 0 Å². The van der Waals surface area contributed by atoms with E-state index in [0.29, 0.717) is 38.9 Å². The van der Waals surface area contributed by atoms with Gasteiger partial charge in [0, 0.05) is 42.4 Å². The van der Waals surface area contributed by atoms with Gasteiger partial charge in [0.25, 0.3) is 11.8 Å². The highest BCUT2D eigenvalue weighted by atomic mass is 79.9. The summed E-state index contributed by atoms with van der Waals surface area (Å²) in [5.74, 6) is -8.64. The number of Topliss-reactive ketones (excluding diaryl/α,β-unsaturated/α-hetero) is 1. The first-order chi connectivity index (χ1) is 31.8. The summed E-state index contributed by atoms with van der Waals surface area (Å²) in [5.41, 5.74) is 1.37. The third kappa shape index (κ3) is 14.6. The van der Waals surface area contributed by atoms with E-state index in [4.69, 9.17) is 4.74 Å². The minimum Gasteiger partial charge on any atom is -0.508 e. The van der Waals surface area contributed by atoms with Crippen LogP contribution in [-0.4, -0.2) is 137 Å². The third-order valence-electron chi connectivity index (χ3n) is 11.1. The summed E-state index contributed by atoms with van der Waals surface area (Å²) in [6.07, 6.45) is 1.54. The molecule has 1 aliphatic rings. The Kier molecular flexibility index (Phi) is 20.0. The van der Waals surface area contributed by atoms with Crippen LogP contribution in [-0.2, 0) is 54.3 Å². The topological polar surface area (TPSA) is 328 Å². The normalized spacial score (nSPS) is 22.5. The molecule has 3 aromatic rings. The van der Waals surface area contributed by atoms with Gasteiger partial charge in [-0.25, -0.2) is 4.98 Å². The molecule has 1 aromatic carbocycles. The number of rotatable bonds is 15. The van der Waals surface area contributed by atoms with Crippen molar-refractivity contribution < 1.29 is 58.1 Å². The summed E-state index contributed by atoms with van der Waals surface area (Å²) in [7, 11) is 1.39. The molecule has 8 amide bonds. The van der Waals surface area contributed by atoms with Gasteiger partial charge in [-0.1, -0.05) is 40.5 Å². The highest BCUT2D eigenvalue weighted by Gasteiger charge is 2.36. The quantitative estimate of drug-likeness (QED) is 0.0677. The number of aliphatic hydroxyl groups is 1. The lowest BCUT2D eigenvalue weighted by Gasteiger charge is -2.29. The molecule has 0 fully saturated rings. The molecule has 1 aliphatic heterocycles. The zero-order chi connectivity index (χ0) is 49.5. The smallest absolute Gasteiger partial charge is 0.290 e. The number of ether oxygens (including phenoxy) is 1. The number of carbonyl (C=O) groups excluding carboxylic acids is 9. The van der Waals surface area contributed by atoms with Crippen molar-refractivity contribution in [1.29, 1.82) is 0 Å². The van der Waals surface area contributed by atoms with Crippen LogP contribution in [0.1, 0.15) is 69.8 Å². The molecule has 11 N–H and O–H groups in total. The van der Waals surface area contributed by atoms with Crippen molar-refractivity contribution in [3.63, 3.8) is 0 Å². The van der Waals surface area contributed by atoms with Crippen molar-refractivity contribution >= 4 is 97.8 Å². The first-order valence-corrected chi connectivity index (χ1v) is 23.1. The minimum atomic E-state index is -1.74. The molecular formula is C43H57BrN10O12S. The Balaban J connectivity index is 1.77. The SMILES string of the molecule is CC[C@H](C)[C@H](NC(=O)[C@H](O)CNC=O)C(=O)N[C@H]1CNC(=O)[C@H](Cc2c(Br)[nH]c3ccc(O)cc23)NC(=O)/C=C/c2csc(n2)[C@H](COC)NC(=O)C(=O)[C@H]([C@@H](C)CC)NC(=O)[C@H](C)NC1=O. The van der Waals surface area contributed by atoms with Crippen molar-refractivity contribution in [3.8, 4) is 5.75 Å². The van der Waals surface area contributed by atoms with E-state index in [2.05, 4.69) is 68.4 Å². The van der Waals surface area contributed by atoms with Crippen LogP contribution in [0.25, 0.3) is 17.0 Å². The average molecular weight is 1020 g/mol. The molecule has 2 bridgehead atoms. The van der Waals surface area contributed by atoms with Gasteiger partial charge < -0.3 is 62.5 Å². The summed E-state index contributed by atoms with van der Waals surface area (Å²) in [4.78, 5) is 128. The standard InChI is InChI=1S/C43H57BrN10O12S/c1-7-20(3)33-35(59)42(65)52-30(17-66-6)43-48-23(18-67-43)9-12-32(58)49-28(14-26-25-13-24(56)10-11-27(25)50-36(26)44)38(61)46-15-29(39(62)47-22(5)37(60)53-33)51-41(64)34(21(4)8-2)54-40(63)31(57)16-45-19-55/h9-13,18-22,28-31,33-34,50,56-57H,7-8,14-17H2,1-6H3,(H,45,55)(H,46,61)(H,47,62)(H,49,58)(H,51,64)(H,52,65)(H,53,60)(H,54,63)/b12-9+/t20-,21-,22-,28-,29-,30-,31+,33-,34-/m0/s1. The molecular weight excluding hydrogens is 961 g/mol. The maximum atomic E-state index is 14.2. The van der Waals surface area contributed by atoms with E-state index in [0.717, 1.165) is 17.4 Å². The number of aromatic hydroxyl groups is 1. The van der Waals surface area contributed by atoms with Gasteiger partial charge in [0.15, 0.2) is 0 Å². The highest BCUT2D eigenvalue weighted by Crippen LogP contribution is 2.30. The van der Waals surface area contributed by atoms with Crippen LogP contribution in [0.15, 0.2) is 34.3 Å². The number of aliphatic hydroxyl groups excluding tert-OH is 1. The number of H-pyrrole nitrogens is 1. The van der Waals surface area contributed by atoms with Crippen molar-refractivity contribution in [2.75, 3.05) is 26.8 Å². The molecule has 0 aliphatic carbocycles. The molecule has 22 nitrogen and oxygen atoms in total. The summed E-state index contributed by atoms with van der Waals surface area (Å²) in [6.45, 7) is 6.84. The summed E-state index contributed by atoms with van der Waals surface area (Å²) >= 11 is 4.58. The maximum absolute atomic E-state index is 14.2. The number of methoxy groups -OCH3 is 1. The van der Waals surface area contributed by atoms with Gasteiger partial charge in [-0.15, -0.1) is 11.3 Å². The van der Waals surface area contributed by atoms with Crippen molar-refractivity contribution in [3.05, 3.63) is 50.5 Å². The van der Waals surface area contributed by atoms with Crippen molar-refractivity contribution in [2.45, 2.75) is 96.2 Å². The fraction of sp³-hybridized carbons (Fsp3) is 0.488. The number of halogens is 1. The Morgan fingerprint density at radius 1 is 0.985 bits per heavy atom. The average Bonchev–Trinajstić information content (AvgIpc) is 3.90. The van der Waals surface area contributed by atoms with E-state index in [1.54, 1.807) is 39.1 Å². The molecule has 4 rings (SSSR count).